The summed E-state index contributed by atoms with van der Waals surface area (Å²) < 4.78 is 5.03. The molecule has 0 saturated heterocycles. The molecule has 0 aromatic heterocycles. The highest BCUT2D eigenvalue weighted by Crippen LogP contribution is 2.06. The van der Waals surface area contributed by atoms with E-state index in [1.165, 1.54) is 6.08 Å². The van der Waals surface area contributed by atoms with Crippen LogP contribution in [0.3, 0.4) is 0 Å². The highest BCUT2D eigenvalue weighted by atomic mass is 16.6. The van der Waals surface area contributed by atoms with Crippen molar-refractivity contribution < 1.29 is 19.1 Å². The lowest BCUT2D eigenvalue weighted by Crippen LogP contribution is -2.40. The van der Waals surface area contributed by atoms with Gasteiger partial charge in [0.25, 0.3) is 0 Å². The van der Waals surface area contributed by atoms with Crippen molar-refractivity contribution in [1.82, 2.24) is 16.0 Å². The third-order valence-electron chi connectivity index (χ3n) is 2.99. The smallest absolute Gasteiger partial charge is 0.408 e. The van der Waals surface area contributed by atoms with Crippen LogP contribution < -0.4 is 16.0 Å². The van der Waals surface area contributed by atoms with Crippen molar-refractivity contribution in [3.63, 3.8) is 0 Å². The zero-order valence-electron chi connectivity index (χ0n) is 15.5. The van der Waals surface area contributed by atoms with Gasteiger partial charge in [-0.2, -0.15) is 0 Å². The summed E-state index contributed by atoms with van der Waals surface area (Å²) in [6.07, 6.45) is 3.16. The van der Waals surface area contributed by atoms with Gasteiger partial charge in [-0.15, -0.1) is 0 Å². The maximum absolute atomic E-state index is 11.7. The molecule has 0 aliphatic carbocycles. The van der Waals surface area contributed by atoms with E-state index in [2.05, 4.69) is 16.0 Å². The zero-order valence-corrected chi connectivity index (χ0v) is 15.5. The number of carbonyl (C=O) groups is 3. The first-order chi connectivity index (χ1) is 12.3. The van der Waals surface area contributed by atoms with E-state index >= 15 is 0 Å². The van der Waals surface area contributed by atoms with Crippen LogP contribution in [0.5, 0.6) is 0 Å². The quantitative estimate of drug-likeness (QED) is 0.486. The highest BCUT2D eigenvalue weighted by molar-refractivity contribution is 5.91. The molecular weight excluding hydrogens is 334 g/mol. The molecule has 7 heteroatoms. The van der Waals surface area contributed by atoms with Crippen LogP contribution in [0, 0.1) is 0 Å². The minimum Gasteiger partial charge on any atom is -0.444 e. The van der Waals surface area contributed by atoms with Crippen molar-refractivity contribution in [2.75, 3.05) is 19.6 Å². The summed E-state index contributed by atoms with van der Waals surface area (Å²) in [5.74, 6) is -0.502. The molecular formula is C19H27N3O4. The van der Waals surface area contributed by atoms with Crippen molar-refractivity contribution >= 4 is 24.0 Å². The first-order valence-corrected chi connectivity index (χ1v) is 8.51. The fraction of sp³-hybridized carbons (Fsp3) is 0.421. The van der Waals surface area contributed by atoms with E-state index in [4.69, 9.17) is 4.74 Å². The molecule has 0 unspecified atom stereocenters. The number of benzene rings is 1. The molecule has 3 amide bonds. The number of carbonyl (C=O) groups excluding carboxylic acids is 3. The molecule has 3 N–H and O–H groups in total. The molecule has 1 rings (SSSR count). The Bertz CT molecular complexity index is 621. The minimum absolute atomic E-state index is 0.152. The van der Waals surface area contributed by atoms with Gasteiger partial charge >= 0.3 is 6.09 Å². The number of rotatable bonds is 8. The van der Waals surface area contributed by atoms with E-state index in [0.29, 0.717) is 19.5 Å². The zero-order chi connectivity index (χ0) is 19.4. The topological polar surface area (TPSA) is 96.5 Å². The normalized spacial score (nSPS) is 11.0. The number of ether oxygens (including phenoxy) is 1. The Morgan fingerprint density at radius 1 is 1.00 bits per heavy atom. The Hall–Kier alpha value is -2.83. The van der Waals surface area contributed by atoms with E-state index in [1.807, 2.05) is 30.3 Å². The summed E-state index contributed by atoms with van der Waals surface area (Å²) in [6.45, 7) is 5.93. The first-order valence-electron chi connectivity index (χ1n) is 8.51. The van der Waals surface area contributed by atoms with Gasteiger partial charge < -0.3 is 20.7 Å². The van der Waals surface area contributed by atoms with Crippen LogP contribution in [0.1, 0.15) is 32.8 Å². The van der Waals surface area contributed by atoms with Crippen LogP contribution in [-0.4, -0.2) is 43.1 Å². The average Bonchev–Trinajstić information content (AvgIpc) is 2.57. The van der Waals surface area contributed by atoms with Crippen molar-refractivity contribution in [2.24, 2.45) is 0 Å². The maximum atomic E-state index is 11.7. The van der Waals surface area contributed by atoms with Crippen molar-refractivity contribution in [2.45, 2.75) is 32.8 Å². The lowest BCUT2D eigenvalue weighted by molar-refractivity contribution is -0.120. The molecule has 0 aliphatic rings. The van der Waals surface area contributed by atoms with Crippen molar-refractivity contribution in [3.05, 3.63) is 42.0 Å². The largest absolute Gasteiger partial charge is 0.444 e. The number of amides is 3. The number of alkyl carbamates (subject to hydrolysis) is 1. The number of hydrogen-bond donors (Lipinski definition) is 3. The Balaban J connectivity index is 2.09. The maximum Gasteiger partial charge on any atom is 0.408 e. The molecule has 0 radical (unpaired) electrons. The van der Waals surface area contributed by atoms with Crippen LogP contribution in [0.25, 0.3) is 6.08 Å². The Kier molecular flexibility index (Phi) is 8.91. The van der Waals surface area contributed by atoms with Gasteiger partial charge in [-0.05, 0) is 38.8 Å². The van der Waals surface area contributed by atoms with E-state index in [9.17, 15) is 14.4 Å². The molecule has 0 atom stereocenters. The summed E-state index contributed by atoms with van der Waals surface area (Å²) in [4.78, 5) is 34.7. The molecule has 1 aromatic carbocycles. The molecule has 142 valence electrons. The fourth-order valence-electron chi connectivity index (χ4n) is 1.85. The average molecular weight is 361 g/mol. The van der Waals surface area contributed by atoms with E-state index < -0.39 is 11.7 Å². The van der Waals surface area contributed by atoms with Gasteiger partial charge in [-0.3, -0.25) is 9.59 Å². The minimum atomic E-state index is -0.634. The summed E-state index contributed by atoms with van der Waals surface area (Å²) in [5.41, 5.74) is 0.348. The third-order valence-corrected chi connectivity index (χ3v) is 2.99. The first kappa shape index (κ1) is 21.2. The summed E-state index contributed by atoms with van der Waals surface area (Å²) in [5, 5.41) is 7.77. The highest BCUT2D eigenvalue weighted by Gasteiger charge is 2.16. The fourth-order valence-corrected chi connectivity index (χ4v) is 1.85. The number of hydrogen-bond acceptors (Lipinski definition) is 4. The second-order valence-electron chi connectivity index (χ2n) is 6.59. The molecule has 1 aromatic rings. The Morgan fingerprint density at radius 2 is 1.65 bits per heavy atom. The van der Waals surface area contributed by atoms with Gasteiger partial charge in [-0.25, -0.2) is 4.79 Å². The summed E-state index contributed by atoms with van der Waals surface area (Å²) >= 11 is 0. The van der Waals surface area contributed by atoms with E-state index in [0.717, 1.165) is 5.56 Å². The molecule has 0 heterocycles. The molecule has 0 spiro atoms. The molecule has 0 fully saturated rings. The summed E-state index contributed by atoms with van der Waals surface area (Å²) in [6, 6.07) is 9.53. The lowest BCUT2D eigenvalue weighted by Gasteiger charge is -2.19. The van der Waals surface area contributed by atoms with Crippen molar-refractivity contribution in [3.8, 4) is 0 Å². The number of nitrogens with one attached hydrogen (secondary N) is 3. The molecule has 0 bridgehead atoms. The van der Waals surface area contributed by atoms with Crippen LogP contribution >= 0.6 is 0 Å². The van der Waals surface area contributed by atoms with E-state index in [-0.39, 0.29) is 18.4 Å². The molecule has 7 nitrogen and oxygen atoms in total. The SMILES string of the molecule is CC(C)(C)OC(=O)NCC(=O)NCCCNC(=O)/C=C/c1ccccc1. The third kappa shape index (κ3) is 10.9. The van der Waals surface area contributed by atoms with Gasteiger partial charge in [0.05, 0.1) is 6.54 Å². The lowest BCUT2D eigenvalue weighted by atomic mass is 10.2. The van der Waals surface area contributed by atoms with E-state index in [1.54, 1.807) is 26.8 Å². The predicted molar refractivity (Wildman–Crippen MR) is 100 cm³/mol. The second-order valence-corrected chi connectivity index (χ2v) is 6.59. The van der Waals surface area contributed by atoms with Gasteiger partial charge in [0.2, 0.25) is 11.8 Å². The molecule has 0 aliphatic heterocycles. The second kappa shape index (κ2) is 10.9. The standard InChI is InChI=1S/C19H27N3O4/c1-19(2,3)26-18(25)22-14-17(24)21-13-7-12-20-16(23)11-10-15-8-5-4-6-9-15/h4-6,8-11H,7,12-14H2,1-3H3,(H,20,23)(H,21,24)(H,22,25)/b11-10+. The monoisotopic (exact) mass is 361 g/mol. The van der Waals surface area contributed by atoms with Gasteiger partial charge in [-0.1, -0.05) is 30.3 Å². The van der Waals surface area contributed by atoms with Gasteiger partial charge in [0.1, 0.15) is 5.60 Å². The van der Waals surface area contributed by atoms with Crippen molar-refractivity contribution in [1.29, 1.82) is 0 Å². The Labute approximate surface area is 154 Å². The van der Waals surface area contributed by atoms with Crippen LogP contribution in [0.4, 0.5) is 4.79 Å². The van der Waals surface area contributed by atoms with Gasteiger partial charge in [0, 0.05) is 19.2 Å². The van der Waals surface area contributed by atoms with Gasteiger partial charge in [0.15, 0.2) is 0 Å². The molecule has 0 saturated carbocycles. The van der Waals surface area contributed by atoms with Crippen LogP contribution in [0.15, 0.2) is 36.4 Å². The predicted octanol–water partition coefficient (Wildman–Crippen LogP) is 1.85. The summed E-state index contributed by atoms with van der Waals surface area (Å²) in [7, 11) is 0. The van der Waals surface area contributed by atoms with Crippen LogP contribution in [-0.2, 0) is 14.3 Å². The Morgan fingerprint density at radius 3 is 2.31 bits per heavy atom. The molecule has 26 heavy (non-hydrogen) atoms. The van der Waals surface area contributed by atoms with Crippen LogP contribution in [0.2, 0.25) is 0 Å².